The molecule has 0 fully saturated rings. The Hall–Kier alpha value is -2.87. The van der Waals surface area contributed by atoms with Crippen LogP contribution in [0, 0.1) is 0 Å². The van der Waals surface area contributed by atoms with Crippen molar-refractivity contribution >= 4 is 50.8 Å². The topological polar surface area (TPSA) is 81.7 Å². The molecule has 0 spiro atoms. The van der Waals surface area contributed by atoms with Crippen molar-refractivity contribution in [3.8, 4) is 0 Å². The molecule has 6 nitrogen and oxygen atoms in total. The first-order chi connectivity index (χ1) is 15.8. The average molecular weight is 529 g/mol. The van der Waals surface area contributed by atoms with Crippen LogP contribution in [-0.4, -0.2) is 23.1 Å². The van der Waals surface area contributed by atoms with Gasteiger partial charge in [0.25, 0.3) is 11.6 Å². The monoisotopic (exact) mass is 527 g/mol. The van der Waals surface area contributed by atoms with Crippen molar-refractivity contribution in [3.63, 3.8) is 0 Å². The zero-order valence-corrected chi connectivity index (χ0v) is 20.2. The summed E-state index contributed by atoms with van der Waals surface area (Å²) in [6.45, 7) is 1.88. The van der Waals surface area contributed by atoms with E-state index in [0.717, 1.165) is 16.9 Å². The van der Waals surface area contributed by atoms with Crippen LogP contribution in [0.2, 0.25) is 5.02 Å². The Bertz CT molecular complexity index is 1170. The molecule has 4 rings (SSSR count). The predicted octanol–water partition coefficient (Wildman–Crippen LogP) is 5.44. The summed E-state index contributed by atoms with van der Waals surface area (Å²) in [7, 11) is 0. The van der Waals surface area contributed by atoms with Gasteiger partial charge in [-0.25, -0.2) is 4.79 Å². The first-order valence-electron chi connectivity index (χ1n) is 10.5. The molecule has 0 saturated carbocycles. The van der Waals surface area contributed by atoms with Gasteiger partial charge in [-0.1, -0.05) is 57.9 Å². The highest BCUT2D eigenvalue weighted by molar-refractivity contribution is 9.10. The van der Waals surface area contributed by atoms with E-state index in [2.05, 4.69) is 26.6 Å². The number of carbonyl (C=O) groups excluding carboxylic acids is 2. The Morgan fingerprint density at radius 1 is 1.15 bits per heavy atom. The minimum absolute atomic E-state index is 0.241. The van der Waals surface area contributed by atoms with Crippen LogP contribution in [0.15, 0.2) is 77.3 Å². The molecule has 0 bridgehead atoms. The molecule has 1 aliphatic rings. The molecule has 2 atom stereocenters. The van der Waals surface area contributed by atoms with E-state index in [-0.39, 0.29) is 11.6 Å². The lowest BCUT2D eigenvalue weighted by Crippen LogP contribution is -2.63. The molecule has 3 aromatic carbocycles. The molecule has 3 N–H and O–H groups in total. The minimum Gasteiger partial charge on any atom is -0.359 e. The Labute approximate surface area is 205 Å². The van der Waals surface area contributed by atoms with Crippen LogP contribution in [0.3, 0.4) is 0 Å². The highest BCUT2D eigenvalue weighted by atomic mass is 79.9. The van der Waals surface area contributed by atoms with E-state index < -0.39 is 17.7 Å². The van der Waals surface area contributed by atoms with Gasteiger partial charge in [-0.3, -0.25) is 9.69 Å². The number of aryl methyl sites for hydroxylation is 1. The van der Waals surface area contributed by atoms with Crippen LogP contribution in [0.5, 0.6) is 0 Å². The van der Waals surface area contributed by atoms with Crippen molar-refractivity contribution in [2.75, 3.05) is 10.2 Å². The summed E-state index contributed by atoms with van der Waals surface area (Å²) in [4.78, 5) is 27.7. The summed E-state index contributed by atoms with van der Waals surface area (Å²) >= 11 is 9.41. The van der Waals surface area contributed by atoms with Crippen LogP contribution in [0.1, 0.15) is 24.5 Å². The third kappa shape index (κ3) is 4.76. The minimum atomic E-state index is -2.27. The van der Waals surface area contributed by atoms with Gasteiger partial charge < -0.3 is 15.7 Å². The fourth-order valence-corrected chi connectivity index (χ4v) is 4.38. The molecule has 0 aromatic heterocycles. The molecule has 3 amide bonds. The molecule has 3 aromatic rings. The van der Waals surface area contributed by atoms with E-state index >= 15 is 0 Å². The number of urea groups is 1. The Kier molecular flexibility index (Phi) is 6.74. The third-order valence-corrected chi connectivity index (χ3v) is 6.36. The molecular formula is C25H23BrClN3O3. The van der Waals surface area contributed by atoms with Gasteiger partial charge in [-0.2, -0.15) is 0 Å². The standard InChI is InChI=1S/C25H23BrClN3O3/c1-16(7-8-17-5-3-2-4-6-17)28-23(31)25(33)21-15-18(26)9-14-22(21)29-24(32)30(25)20-12-10-19(27)11-13-20/h2-6,9-16,33H,7-8H2,1H3,(H,28,31)(H,29,32)/t16-,25-/m1/s1. The number of hydrogen-bond donors (Lipinski definition) is 3. The number of nitrogens with one attached hydrogen (secondary N) is 2. The molecule has 0 saturated heterocycles. The van der Waals surface area contributed by atoms with Crippen LogP contribution >= 0.6 is 27.5 Å². The lowest BCUT2D eigenvalue weighted by Gasteiger charge is -2.43. The highest BCUT2D eigenvalue weighted by Gasteiger charge is 2.52. The lowest BCUT2D eigenvalue weighted by atomic mass is 9.94. The van der Waals surface area contributed by atoms with Gasteiger partial charge in [0.15, 0.2) is 0 Å². The first kappa shape index (κ1) is 23.3. The number of amides is 3. The van der Waals surface area contributed by atoms with Crippen LogP contribution in [0.4, 0.5) is 16.2 Å². The third-order valence-electron chi connectivity index (χ3n) is 5.61. The van der Waals surface area contributed by atoms with Gasteiger partial charge in [0.05, 0.1) is 5.69 Å². The fraction of sp³-hybridized carbons (Fsp3) is 0.200. The maximum absolute atomic E-state index is 13.6. The van der Waals surface area contributed by atoms with Gasteiger partial charge in [-0.15, -0.1) is 0 Å². The van der Waals surface area contributed by atoms with Crippen molar-refractivity contribution in [1.82, 2.24) is 5.32 Å². The van der Waals surface area contributed by atoms with E-state index in [9.17, 15) is 14.7 Å². The number of hydrogen-bond acceptors (Lipinski definition) is 3. The molecule has 1 heterocycles. The van der Waals surface area contributed by atoms with Gasteiger partial charge in [0.1, 0.15) is 0 Å². The van der Waals surface area contributed by atoms with Crippen molar-refractivity contribution in [3.05, 3.63) is 93.4 Å². The van der Waals surface area contributed by atoms with Crippen LogP contribution in [0.25, 0.3) is 0 Å². The largest absolute Gasteiger partial charge is 0.359 e. The Morgan fingerprint density at radius 2 is 1.85 bits per heavy atom. The number of aliphatic hydroxyl groups is 1. The zero-order chi connectivity index (χ0) is 23.6. The molecule has 1 aliphatic heterocycles. The Balaban J connectivity index is 1.67. The first-order valence-corrected chi connectivity index (χ1v) is 11.7. The molecule has 0 unspecified atom stereocenters. The van der Waals surface area contributed by atoms with E-state index in [1.54, 1.807) is 42.5 Å². The second-order valence-corrected chi connectivity index (χ2v) is 9.35. The maximum Gasteiger partial charge on any atom is 0.329 e. The molecule has 0 aliphatic carbocycles. The van der Waals surface area contributed by atoms with Crippen molar-refractivity contribution < 1.29 is 14.7 Å². The smallest absolute Gasteiger partial charge is 0.329 e. The zero-order valence-electron chi connectivity index (χ0n) is 17.9. The Morgan fingerprint density at radius 3 is 2.55 bits per heavy atom. The molecular weight excluding hydrogens is 506 g/mol. The molecule has 8 heteroatoms. The molecule has 170 valence electrons. The summed E-state index contributed by atoms with van der Waals surface area (Å²) in [6, 6.07) is 20.5. The van der Waals surface area contributed by atoms with Crippen LogP contribution in [-0.2, 0) is 16.9 Å². The second-order valence-electron chi connectivity index (χ2n) is 8.00. The number of anilines is 2. The average Bonchev–Trinajstić information content (AvgIpc) is 2.80. The van der Waals surface area contributed by atoms with E-state index in [0.29, 0.717) is 27.3 Å². The van der Waals surface area contributed by atoms with E-state index in [1.807, 2.05) is 37.3 Å². The summed E-state index contributed by atoms with van der Waals surface area (Å²) in [5.74, 6) is -0.688. The summed E-state index contributed by atoms with van der Waals surface area (Å²) in [5.41, 5.74) is -0.151. The predicted molar refractivity (Wildman–Crippen MR) is 133 cm³/mol. The van der Waals surface area contributed by atoms with Crippen molar-refractivity contribution in [2.45, 2.75) is 31.5 Å². The number of benzene rings is 3. The quantitative estimate of drug-likeness (QED) is 0.399. The SMILES string of the molecule is C[C@H](CCc1ccccc1)NC(=O)[C@]1(O)c2cc(Br)ccc2NC(=O)N1c1ccc(Cl)cc1. The fourth-order valence-electron chi connectivity index (χ4n) is 3.89. The lowest BCUT2D eigenvalue weighted by molar-refractivity contribution is -0.141. The number of fused-ring (bicyclic) bond motifs is 1. The number of nitrogens with zero attached hydrogens (tertiary/aromatic N) is 1. The van der Waals surface area contributed by atoms with Crippen molar-refractivity contribution in [2.24, 2.45) is 0 Å². The van der Waals surface area contributed by atoms with E-state index in [1.165, 1.54) is 0 Å². The number of halogens is 2. The van der Waals surface area contributed by atoms with Gasteiger partial charge in [-0.05, 0) is 67.8 Å². The van der Waals surface area contributed by atoms with Gasteiger partial charge >= 0.3 is 6.03 Å². The van der Waals surface area contributed by atoms with E-state index in [4.69, 9.17) is 11.6 Å². The summed E-state index contributed by atoms with van der Waals surface area (Å²) in [6.07, 6.45) is 1.44. The number of carbonyl (C=O) groups is 2. The molecule has 33 heavy (non-hydrogen) atoms. The normalized spacial score (nSPS) is 18.3. The van der Waals surface area contributed by atoms with Crippen LogP contribution < -0.4 is 15.5 Å². The maximum atomic E-state index is 13.6. The summed E-state index contributed by atoms with van der Waals surface area (Å²) in [5, 5.41) is 18.0. The summed E-state index contributed by atoms with van der Waals surface area (Å²) < 4.78 is 0.664. The van der Waals surface area contributed by atoms with Gasteiger partial charge in [0, 0.05) is 26.8 Å². The highest BCUT2D eigenvalue weighted by Crippen LogP contribution is 2.41. The molecule has 0 radical (unpaired) electrons. The second kappa shape index (κ2) is 9.55. The van der Waals surface area contributed by atoms with Gasteiger partial charge in [0.2, 0.25) is 0 Å². The van der Waals surface area contributed by atoms with Crippen molar-refractivity contribution in [1.29, 1.82) is 0 Å². The number of rotatable bonds is 6.